The number of fused-ring (bicyclic) bond motifs is 5. The van der Waals surface area contributed by atoms with Gasteiger partial charge in [0.15, 0.2) is 11.4 Å². The molecule has 4 atom stereocenters. The molecule has 168 valence electrons. The number of imide groups is 1. The Hall–Kier alpha value is -3.53. The predicted octanol–water partition coefficient (Wildman–Crippen LogP) is 1.16. The minimum absolute atomic E-state index is 0.121. The Balaban J connectivity index is 1.79. The van der Waals surface area contributed by atoms with Crippen LogP contribution < -0.4 is 9.64 Å². The number of carbonyl (C=O) groups is 5. The summed E-state index contributed by atoms with van der Waals surface area (Å²) < 4.78 is 21.6. The zero-order chi connectivity index (χ0) is 23.4. The summed E-state index contributed by atoms with van der Waals surface area (Å²) in [5, 5.41) is 0. The van der Waals surface area contributed by atoms with Crippen LogP contribution in [0.4, 0.5) is 5.69 Å². The highest BCUT2D eigenvalue weighted by Gasteiger charge is 2.72. The van der Waals surface area contributed by atoms with Crippen LogP contribution in [-0.2, 0) is 33.4 Å². The standard InChI is InChI=1S/C22H21NO9/c1-10(24)13-5-6-15(29-4)14(9-13)23-19(27)17-16-7-8-22(32-16,18(17)20(23)28)21(30-11(2)25)31-12(3)26/h5-9,16-18,21H,1-4H3/t16-,17+,18-,22-/m0/s1. The number of methoxy groups -OCH3 is 1. The second-order valence-corrected chi connectivity index (χ2v) is 7.80. The number of rotatable bonds is 6. The van der Waals surface area contributed by atoms with Crippen molar-refractivity contribution in [2.45, 2.75) is 38.8 Å². The van der Waals surface area contributed by atoms with Crippen molar-refractivity contribution in [3.05, 3.63) is 35.9 Å². The molecule has 2 fully saturated rings. The topological polar surface area (TPSA) is 126 Å². The summed E-state index contributed by atoms with van der Waals surface area (Å²) in [6, 6.07) is 4.45. The van der Waals surface area contributed by atoms with E-state index in [-0.39, 0.29) is 17.2 Å². The predicted molar refractivity (Wildman–Crippen MR) is 107 cm³/mol. The summed E-state index contributed by atoms with van der Waals surface area (Å²) in [5.74, 6) is -4.76. The van der Waals surface area contributed by atoms with Crippen LogP contribution in [-0.4, -0.2) is 54.6 Å². The molecule has 0 unspecified atom stereocenters. The van der Waals surface area contributed by atoms with Gasteiger partial charge in [-0.1, -0.05) is 6.08 Å². The van der Waals surface area contributed by atoms with E-state index in [0.29, 0.717) is 5.56 Å². The Morgan fingerprint density at radius 1 is 1.06 bits per heavy atom. The monoisotopic (exact) mass is 443 g/mol. The Kier molecular flexibility index (Phi) is 5.12. The molecule has 4 rings (SSSR count). The number of ketones is 1. The van der Waals surface area contributed by atoms with Crippen molar-refractivity contribution in [3.63, 3.8) is 0 Å². The molecule has 1 aromatic carbocycles. The summed E-state index contributed by atoms with van der Waals surface area (Å²) in [6.45, 7) is 3.62. The lowest BCUT2D eigenvalue weighted by molar-refractivity contribution is -0.226. The summed E-state index contributed by atoms with van der Waals surface area (Å²) in [4.78, 5) is 63.1. The third-order valence-electron chi connectivity index (χ3n) is 5.82. The van der Waals surface area contributed by atoms with Gasteiger partial charge in [-0.15, -0.1) is 0 Å². The highest BCUT2D eigenvalue weighted by molar-refractivity contribution is 6.24. The van der Waals surface area contributed by atoms with Crippen LogP contribution in [0.15, 0.2) is 30.4 Å². The molecule has 0 saturated carbocycles. The molecule has 2 bridgehead atoms. The third-order valence-corrected chi connectivity index (χ3v) is 5.82. The first-order chi connectivity index (χ1) is 15.1. The third kappa shape index (κ3) is 3.10. The van der Waals surface area contributed by atoms with E-state index in [1.54, 1.807) is 6.08 Å². The van der Waals surface area contributed by atoms with E-state index in [1.165, 1.54) is 38.3 Å². The molecule has 0 aromatic heterocycles. The molecule has 0 radical (unpaired) electrons. The number of esters is 2. The Bertz CT molecular complexity index is 1060. The Labute approximate surface area is 183 Å². The number of benzene rings is 1. The van der Waals surface area contributed by atoms with Crippen molar-refractivity contribution in [3.8, 4) is 5.75 Å². The number of Topliss-reactive ketones (excluding diaryl/α,β-unsaturated/α-hetero) is 1. The van der Waals surface area contributed by atoms with E-state index in [4.69, 9.17) is 18.9 Å². The lowest BCUT2D eigenvalue weighted by Gasteiger charge is -2.34. The van der Waals surface area contributed by atoms with Gasteiger partial charge in [-0.05, 0) is 31.2 Å². The van der Waals surface area contributed by atoms with Crippen LogP contribution in [0.1, 0.15) is 31.1 Å². The van der Waals surface area contributed by atoms with Gasteiger partial charge in [-0.3, -0.25) is 24.0 Å². The van der Waals surface area contributed by atoms with Gasteiger partial charge >= 0.3 is 11.9 Å². The fraction of sp³-hybridized carbons (Fsp3) is 0.409. The van der Waals surface area contributed by atoms with E-state index in [1.807, 2.05) is 0 Å². The zero-order valence-corrected chi connectivity index (χ0v) is 17.8. The van der Waals surface area contributed by atoms with Gasteiger partial charge in [0.25, 0.3) is 6.29 Å². The van der Waals surface area contributed by atoms with Crippen molar-refractivity contribution in [1.82, 2.24) is 0 Å². The van der Waals surface area contributed by atoms with Crippen molar-refractivity contribution in [1.29, 1.82) is 0 Å². The highest BCUT2D eigenvalue weighted by atomic mass is 16.7. The van der Waals surface area contributed by atoms with Crippen LogP contribution >= 0.6 is 0 Å². The maximum atomic E-state index is 13.6. The van der Waals surface area contributed by atoms with Crippen LogP contribution in [0.25, 0.3) is 0 Å². The average molecular weight is 443 g/mol. The largest absolute Gasteiger partial charge is 0.495 e. The first-order valence-electron chi connectivity index (χ1n) is 9.89. The molecule has 3 aliphatic heterocycles. The number of ether oxygens (including phenoxy) is 4. The SMILES string of the molecule is COc1ccc(C(C)=O)cc1N1C(=O)[C@@H]2[C@@H]3C=C[C@](C(OC(C)=O)OC(C)=O)(O3)[C@@H]2C1=O. The van der Waals surface area contributed by atoms with E-state index < -0.39 is 53.6 Å². The molecule has 0 N–H and O–H groups in total. The van der Waals surface area contributed by atoms with E-state index in [2.05, 4.69) is 0 Å². The number of hydrogen-bond acceptors (Lipinski definition) is 9. The van der Waals surface area contributed by atoms with Crippen molar-refractivity contribution in [2.75, 3.05) is 12.0 Å². The van der Waals surface area contributed by atoms with E-state index in [9.17, 15) is 24.0 Å². The number of nitrogens with zero attached hydrogens (tertiary/aromatic N) is 1. The van der Waals surface area contributed by atoms with Gasteiger partial charge in [0.05, 0.1) is 30.7 Å². The van der Waals surface area contributed by atoms with Gasteiger partial charge < -0.3 is 18.9 Å². The molecule has 2 amide bonds. The van der Waals surface area contributed by atoms with Crippen molar-refractivity contribution < 1.29 is 42.9 Å². The molecule has 32 heavy (non-hydrogen) atoms. The van der Waals surface area contributed by atoms with Crippen molar-refractivity contribution >= 4 is 35.2 Å². The summed E-state index contributed by atoms with van der Waals surface area (Å²) >= 11 is 0. The van der Waals surface area contributed by atoms with Gasteiger partial charge in [-0.25, -0.2) is 4.90 Å². The normalized spacial score (nSPS) is 27.7. The highest BCUT2D eigenvalue weighted by Crippen LogP contribution is 2.55. The second kappa shape index (κ2) is 7.56. The molecule has 10 nitrogen and oxygen atoms in total. The molecule has 0 spiro atoms. The molecular weight excluding hydrogens is 422 g/mol. The smallest absolute Gasteiger partial charge is 0.305 e. The van der Waals surface area contributed by atoms with E-state index >= 15 is 0 Å². The number of hydrogen-bond donors (Lipinski definition) is 0. The van der Waals surface area contributed by atoms with Crippen LogP contribution in [0, 0.1) is 11.8 Å². The molecule has 3 heterocycles. The number of amides is 2. The molecule has 3 aliphatic rings. The lowest BCUT2D eigenvalue weighted by Crippen LogP contribution is -2.52. The second-order valence-electron chi connectivity index (χ2n) is 7.80. The van der Waals surface area contributed by atoms with Crippen LogP contribution in [0.3, 0.4) is 0 Å². The maximum Gasteiger partial charge on any atom is 0.305 e. The van der Waals surface area contributed by atoms with Crippen LogP contribution in [0.2, 0.25) is 0 Å². The average Bonchev–Trinajstić information content (AvgIpc) is 3.37. The quantitative estimate of drug-likeness (QED) is 0.209. The molecule has 2 saturated heterocycles. The first-order valence-corrected chi connectivity index (χ1v) is 9.89. The Morgan fingerprint density at radius 3 is 2.28 bits per heavy atom. The molecular formula is C22H21NO9. The zero-order valence-electron chi connectivity index (χ0n) is 17.8. The summed E-state index contributed by atoms with van der Waals surface area (Å²) in [6.07, 6.45) is 0.736. The first kappa shape index (κ1) is 21.7. The Morgan fingerprint density at radius 2 is 1.72 bits per heavy atom. The maximum absolute atomic E-state index is 13.6. The van der Waals surface area contributed by atoms with Crippen LogP contribution in [0.5, 0.6) is 5.75 Å². The fourth-order valence-corrected chi connectivity index (χ4v) is 4.54. The minimum Gasteiger partial charge on any atom is -0.495 e. The fourth-order valence-electron chi connectivity index (χ4n) is 4.54. The van der Waals surface area contributed by atoms with Crippen molar-refractivity contribution in [2.24, 2.45) is 11.8 Å². The molecule has 0 aliphatic carbocycles. The summed E-state index contributed by atoms with van der Waals surface area (Å²) in [7, 11) is 1.38. The van der Waals surface area contributed by atoms with Gasteiger partial charge in [0, 0.05) is 19.4 Å². The number of anilines is 1. The van der Waals surface area contributed by atoms with Gasteiger partial charge in [0.2, 0.25) is 11.8 Å². The van der Waals surface area contributed by atoms with Gasteiger partial charge in [-0.2, -0.15) is 0 Å². The van der Waals surface area contributed by atoms with Gasteiger partial charge in [0.1, 0.15) is 5.75 Å². The summed E-state index contributed by atoms with van der Waals surface area (Å²) in [5.41, 5.74) is -1.24. The number of carbonyl (C=O) groups excluding carboxylic acids is 5. The molecule has 10 heteroatoms. The molecule has 1 aromatic rings. The lowest BCUT2D eigenvalue weighted by atomic mass is 9.76. The minimum atomic E-state index is -1.65. The van der Waals surface area contributed by atoms with E-state index in [0.717, 1.165) is 18.7 Å².